The van der Waals surface area contributed by atoms with E-state index < -0.39 is 0 Å². The van der Waals surface area contributed by atoms with Gasteiger partial charge in [0.05, 0.1) is 13.1 Å². The van der Waals surface area contributed by atoms with E-state index in [2.05, 4.69) is 33.2 Å². The number of benzene rings is 1. The molecular formula is C14H18IN3O2. The summed E-state index contributed by atoms with van der Waals surface area (Å²) >= 11 is 2.21. The van der Waals surface area contributed by atoms with Crippen molar-refractivity contribution in [3.63, 3.8) is 0 Å². The van der Waals surface area contributed by atoms with Gasteiger partial charge in [0.25, 0.3) is 0 Å². The molecule has 2 amide bonds. The summed E-state index contributed by atoms with van der Waals surface area (Å²) in [7, 11) is 1.65. The van der Waals surface area contributed by atoms with Gasteiger partial charge in [0.2, 0.25) is 11.8 Å². The molecule has 108 valence electrons. The van der Waals surface area contributed by atoms with Crippen LogP contribution in [0, 0.1) is 3.57 Å². The van der Waals surface area contributed by atoms with Gasteiger partial charge in [-0.1, -0.05) is 12.1 Å². The molecule has 1 aromatic rings. The highest BCUT2D eigenvalue weighted by molar-refractivity contribution is 14.1. The normalized spacial score (nSPS) is 13.7. The van der Waals surface area contributed by atoms with Crippen molar-refractivity contribution in [1.82, 2.24) is 10.2 Å². The van der Waals surface area contributed by atoms with Gasteiger partial charge in [-0.05, 0) is 47.6 Å². The molecule has 1 aliphatic carbocycles. The van der Waals surface area contributed by atoms with Crippen molar-refractivity contribution in [2.45, 2.75) is 18.9 Å². The summed E-state index contributed by atoms with van der Waals surface area (Å²) < 4.78 is 1.06. The maximum Gasteiger partial charge on any atom is 0.242 e. The van der Waals surface area contributed by atoms with E-state index in [0.29, 0.717) is 6.04 Å². The third-order valence-corrected chi connectivity index (χ3v) is 3.99. The molecule has 20 heavy (non-hydrogen) atoms. The van der Waals surface area contributed by atoms with Crippen LogP contribution < -0.4 is 10.6 Å². The fourth-order valence-electron chi connectivity index (χ4n) is 1.71. The molecule has 2 rings (SSSR count). The number of nitrogens with zero attached hydrogens (tertiary/aromatic N) is 1. The zero-order valence-electron chi connectivity index (χ0n) is 11.4. The van der Waals surface area contributed by atoms with Gasteiger partial charge < -0.3 is 15.5 Å². The fourth-order valence-corrected chi connectivity index (χ4v) is 2.29. The molecule has 1 fully saturated rings. The summed E-state index contributed by atoms with van der Waals surface area (Å²) in [6, 6.07) is 8.09. The lowest BCUT2D eigenvalue weighted by atomic mass is 10.3. The maximum absolute atomic E-state index is 11.9. The summed E-state index contributed by atoms with van der Waals surface area (Å²) in [5, 5.41) is 5.96. The standard InChI is InChI=1S/C14H18IN3O2/c1-18(9-13(19)17-10-6-7-10)14(20)8-16-12-5-3-2-4-11(12)15/h2-5,10,16H,6-9H2,1H3,(H,17,19). The minimum absolute atomic E-state index is 0.0855. The SMILES string of the molecule is CN(CC(=O)NC1CC1)C(=O)CNc1ccccc1I. The van der Waals surface area contributed by atoms with E-state index in [4.69, 9.17) is 0 Å². The highest BCUT2D eigenvalue weighted by Gasteiger charge is 2.24. The Hall–Kier alpha value is -1.31. The molecule has 1 saturated carbocycles. The van der Waals surface area contributed by atoms with E-state index in [9.17, 15) is 9.59 Å². The van der Waals surface area contributed by atoms with E-state index in [1.54, 1.807) is 7.05 Å². The second-order valence-electron chi connectivity index (χ2n) is 4.92. The number of amides is 2. The van der Waals surface area contributed by atoms with Crippen LogP contribution in [0.1, 0.15) is 12.8 Å². The third-order valence-electron chi connectivity index (χ3n) is 3.05. The van der Waals surface area contributed by atoms with Crippen molar-refractivity contribution in [2.24, 2.45) is 0 Å². The summed E-state index contributed by atoms with van der Waals surface area (Å²) in [6.45, 7) is 0.302. The van der Waals surface area contributed by atoms with Crippen molar-refractivity contribution >= 4 is 40.1 Å². The number of para-hydroxylation sites is 1. The van der Waals surface area contributed by atoms with Gasteiger partial charge in [0, 0.05) is 22.3 Å². The first kappa shape index (κ1) is 15.1. The number of hydrogen-bond donors (Lipinski definition) is 2. The minimum Gasteiger partial charge on any atom is -0.375 e. The molecule has 0 aromatic heterocycles. The average Bonchev–Trinajstić information content (AvgIpc) is 3.21. The van der Waals surface area contributed by atoms with Crippen LogP contribution in [-0.4, -0.2) is 42.9 Å². The molecule has 5 nitrogen and oxygen atoms in total. The first-order chi connectivity index (χ1) is 9.56. The van der Waals surface area contributed by atoms with Crippen molar-refractivity contribution in [2.75, 3.05) is 25.5 Å². The highest BCUT2D eigenvalue weighted by atomic mass is 127. The van der Waals surface area contributed by atoms with Gasteiger partial charge in [-0.15, -0.1) is 0 Å². The van der Waals surface area contributed by atoms with Crippen LogP contribution in [0.5, 0.6) is 0 Å². The van der Waals surface area contributed by atoms with Crippen molar-refractivity contribution in [3.8, 4) is 0 Å². The number of hydrogen-bond acceptors (Lipinski definition) is 3. The molecular weight excluding hydrogens is 369 g/mol. The van der Waals surface area contributed by atoms with Crippen LogP contribution >= 0.6 is 22.6 Å². The molecule has 6 heteroatoms. The average molecular weight is 387 g/mol. The first-order valence-corrected chi connectivity index (χ1v) is 7.66. The Morgan fingerprint density at radius 2 is 2.05 bits per heavy atom. The predicted octanol–water partition coefficient (Wildman–Crippen LogP) is 1.44. The monoisotopic (exact) mass is 387 g/mol. The Bertz CT molecular complexity index is 503. The summed E-state index contributed by atoms with van der Waals surface area (Å²) in [4.78, 5) is 25.0. The van der Waals surface area contributed by atoms with Gasteiger partial charge in [-0.25, -0.2) is 0 Å². The molecule has 0 bridgehead atoms. The van der Waals surface area contributed by atoms with Gasteiger partial charge in [-0.3, -0.25) is 9.59 Å². The number of anilines is 1. The second kappa shape index (κ2) is 6.92. The van der Waals surface area contributed by atoms with E-state index >= 15 is 0 Å². The van der Waals surface area contributed by atoms with Crippen molar-refractivity contribution in [3.05, 3.63) is 27.8 Å². The summed E-state index contributed by atoms with van der Waals surface area (Å²) in [5.74, 6) is -0.187. The lowest BCUT2D eigenvalue weighted by molar-refractivity contribution is -0.133. The van der Waals surface area contributed by atoms with Crippen LogP contribution in [0.25, 0.3) is 0 Å². The zero-order valence-corrected chi connectivity index (χ0v) is 13.5. The zero-order chi connectivity index (χ0) is 14.5. The van der Waals surface area contributed by atoms with Crippen molar-refractivity contribution in [1.29, 1.82) is 0 Å². The number of rotatable bonds is 6. The Balaban J connectivity index is 1.75. The molecule has 0 heterocycles. The highest BCUT2D eigenvalue weighted by Crippen LogP contribution is 2.18. The van der Waals surface area contributed by atoms with E-state index in [0.717, 1.165) is 22.1 Å². The van der Waals surface area contributed by atoms with Gasteiger partial charge >= 0.3 is 0 Å². The number of halogens is 1. The minimum atomic E-state index is -0.101. The molecule has 2 N–H and O–H groups in total. The third kappa shape index (κ3) is 4.66. The first-order valence-electron chi connectivity index (χ1n) is 6.58. The number of carbonyl (C=O) groups excluding carboxylic acids is 2. The quantitative estimate of drug-likeness (QED) is 0.727. The van der Waals surface area contributed by atoms with Crippen LogP contribution in [-0.2, 0) is 9.59 Å². The Morgan fingerprint density at radius 1 is 1.35 bits per heavy atom. The van der Waals surface area contributed by atoms with Gasteiger partial charge in [0.1, 0.15) is 0 Å². The summed E-state index contributed by atoms with van der Waals surface area (Å²) in [6.07, 6.45) is 2.11. The molecule has 0 spiro atoms. The molecule has 0 saturated heterocycles. The van der Waals surface area contributed by atoms with Crippen molar-refractivity contribution < 1.29 is 9.59 Å². The fraction of sp³-hybridized carbons (Fsp3) is 0.429. The van der Waals surface area contributed by atoms with Crippen LogP contribution in [0.15, 0.2) is 24.3 Å². The molecule has 1 aromatic carbocycles. The van der Waals surface area contributed by atoms with E-state index in [-0.39, 0.29) is 24.9 Å². The Morgan fingerprint density at radius 3 is 2.70 bits per heavy atom. The van der Waals surface area contributed by atoms with E-state index in [1.165, 1.54) is 4.90 Å². The number of likely N-dealkylation sites (N-methyl/N-ethyl adjacent to an activating group) is 1. The van der Waals surface area contributed by atoms with E-state index in [1.807, 2.05) is 24.3 Å². The topological polar surface area (TPSA) is 61.4 Å². The number of nitrogens with one attached hydrogen (secondary N) is 2. The Kier molecular flexibility index (Phi) is 5.22. The van der Waals surface area contributed by atoms with Gasteiger partial charge in [0.15, 0.2) is 0 Å². The molecule has 0 atom stereocenters. The largest absolute Gasteiger partial charge is 0.375 e. The maximum atomic E-state index is 11.9. The van der Waals surface area contributed by atoms with Crippen LogP contribution in [0.2, 0.25) is 0 Å². The van der Waals surface area contributed by atoms with Crippen LogP contribution in [0.4, 0.5) is 5.69 Å². The van der Waals surface area contributed by atoms with Gasteiger partial charge in [-0.2, -0.15) is 0 Å². The predicted molar refractivity (Wildman–Crippen MR) is 86.5 cm³/mol. The molecule has 0 radical (unpaired) electrons. The smallest absolute Gasteiger partial charge is 0.242 e. The Labute approximate surface area is 132 Å². The molecule has 1 aliphatic rings. The molecule has 0 aliphatic heterocycles. The van der Waals surface area contributed by atoms with Crippen LogP contribution in [0.3, 0.4) is 0 Å². The second-order valence-corrected chi connectivity index (χ2v) is 6.09. The molecule has 0 unspecified atom stereocenters. The number of carbonyl (C=O) groups is 2. The lowest BCUT2D eigenvalue weighted by Gasteiger charge is -2.17. The summed E-state index contributed by atoms with van der Waals surface area (Å²) in [5.41, 5.74) is 0.928. The lowest BCUT2D eigenvalue weighted by Crippen LogP contribution is -2.41.